The van der Waals surface area contributed by atoms with Crippen molar-refractivity contribution in [2.24, 2.45) is 0 Å². The van der Waals surface area contributed by atoms with Crippen molar-refractivity contribution in [3.8, 4) is 0 Å². The quantitative estimate of drug-likeness (QED) is 0.159. The molecule has 214 valence electrons. The van der Waals surface area contributed by atoms with Crippen LogP contribution in [0.25, 0.3) is 10.9 Å². The summed E-state index contributed by atoms with van der Waals surface area (Å²) < 4.78 is 55.0. The molecule has 1 amide bonds. The van der Waals surface area contributed by atoms with Crippen molar-refractivity contribution in [2.45, 2.75) is 19.3 Å². The minimum atomic E-state index is -4.47. The Bertz CT molecular complexity index is 1800. The van der Waals surface area contributed by atoms with Gasteiger partial charge in [0.1, 0.15) is 5.82 Å². The lowest BCUT2D eigenvalue weighted by atomic mass is 10.1. The predicted octanol–water partition coefficient (Wildman–Crippen LogP) is 7.87. The second-order valence-electron chi connectivity index (χ2n) is 9.46. The van der Waals surface area contributed by atoms with Gasteiger partial charge in [-0.05, 0) is 65.7 Å². The number of carbonyl (C=O) groups is 2. The van der Waals surface area contributed by atoms with Gasteiger partial charge in [-0.15, -0.1) is 0 Å². The Labute approximate surface area is 242 Å². The Morgan fingerprint density at radius 3 is 2.33 bits per heavy atom. The molecule has 0 radical (unpaired) electrons. The third-order valence-electron chi connectivity index (χ3n) is 6.69. The maximum absolute atomic E-state index is 14.1. The first-order chi connectivity index (χ1) is 20.0. The molecule has 0 unspecified atom stereocenters. The van der Waals surface area contributed by atoms with Crippen molar-refractivity contribution in [2.75, 3.05) is 5.32 Å². The summed E-state index contributed by atoms with van der Waals surface area (Å²) in [5.74, 6) is -2.23. The van der Waals surface area contributed by atoms with Crippen LogP contribution in [-0.4, -0.2) is 21.6 Å². The molecule has 5 rings (SSSR count). The summed E-state index contributed by atoms with van der Waals surface area (Å²) in [6.07, 6.45) is -2.77. The number of carboxylic acid groups (broad SMARTS) is 1. The van der Waals surface area contributed by atoms with E-state index in [-0.39, 0.29) is 29.2 Å². The van der Waals surface area contributed by atoms with Gasteiger partial charge < -0.3 is 20.3 Å². The monoisotopic (exact) mass is 595 g/mol. The largest absolute Gasteiger partial charge is 0.478 e. The molecule has 0 bridgehead atoms. The Hall–Kier alpha value is -4.83. The number of rotatable bonds is 8. The number of aromatic carboxylic acids is 1. The molecule has 11 heteroatoms. The zero-order valence-corrected chi connectivity index (χ0v) is 22.4. The van der Waals surface area contributed by atoms with Crippen LogP contribution < -0.4 is 10.6 Å². The first-order valence-electron chi connectivity index (χ1n) is 12.6. The number of amides is 1. The van der Waals surface area contributed by atoms with E-state index in [1.54, 1.807) is 53.2 Å². The van der Waals surface area contributed by atoms with Crippen LogP contribution in [0.5, 0.6) is 0 Å². The van der Waals surface area contributed by atoms with Gasteiger partial charge in [-0.25, -0.2) is 9.18 Å². The topological polar surface area (TPSA) is 83.4 Å². The van der Waals surface area contributed by atoms with Crippen LogP contribution in [0.15, 0.2) is 91.1 Å². The van der Waals surface area contributed by atoms with E-state index in [9.17, 15) is 32.3 Å². The summed E-state index contributed by atoms with van der Waals surface area (Å²) in [4.78, 5) is 25.0. The third kappa shape index (κ3) is 6.08. The number of anilines is 2. The molecule has 0 aliphatic rings. The molecule has 0 saturated heterocycles. The highest BCUT2D eigenvalue weighted by molar-refractivity contribution is 6.30. The van der Waals surface area contributed by atoms with Gasteiger partial charge in [-0.2, -0.15) is 13.2 Å². The van der Waals surface area contributed by atoms with Gasteiger partial charge in [0.25, 0.3) is 5.91 Å². The van der Waals surface area contributed by atoms with Crippen LogP contribution >= 0.6 is 11.6 Å². The van der Waals surface area contributed by atoms with Crippen LogP contribution in [0.2, 0.25) is 5.02 Å². The number of nitrogens with zero attached hydrogens (tertiary/aromatic N) is 1. The lowest BCUT2D eigenvalue weighted by Crippen LogP contribution is -2.24. The van der Waals surface area contributed by atoms with Crippen molar-refractivity contribution >= 4 is 45.8 Å². The van der Waals surface area contributed by atoms with E-state index < -0.39 is 29.4 Å². The van der Waals surface area contributed by atoms with Crippen LogP contribution in [0.3, 0.4) is 0 Å². The second kappa shape index (κ2) is 11.6. The summed E-state index contributed by atoms with van der Waals surface area (Å²) in [5.41, 5.74) is 1.95. The smallest absolute Gasteiger partial charge is 0.416 e. The molecule has 6 nitrogen and oxygen atoms in total. The van der Waals surface area contributed by atoms with Crippen LogP contribution in [-0.2, 0) is 19.3 Å². The SMILES string of the molecule is O=C(O)c1ccccc1CNC(=O)c1ccc(Nc2ccc(Cl)c(F)c2)c2ccn(Cc3ccc(C(F)(F)F)cc3)c12. The van der Waals surface area contributed by atoms with E-state index in [1.807, 2.05) is 0 Å². The van der Waals surface area contributed by atoms with E-state index in [1.165, 1.54) is 30.3 Å². The van der Waals surface area contributed by atoms with Gasteiger partial charge in [0, 0.05) is 36.0 Å². The number of aromatic nitrogens is 1. The number of fused-ring (bicyclic) bond motifs is 1. The summed E-state index contributed by atoms with van der Waals surface area (Å²) in [6.45, 7) is 0.106. The maximum Gasteiger partial charge on any atom is 0.416 e. The van der Waals surface area contributed by atoms with Crippen LogP contribution in [0, 0.1) is 5.82 Å². The van der Waals surface area contributed by atoms with Crippen molar-refractivity contribution < 1.29 is 32.3 Å². The maximum atomic E-state index is 14.1. The Morgan fingerprint density at radius 2 is 1.64 bits per heavy atom. The number of alkyl halides is 3. The molecule has 4 aromatic carbocycles. The van der Waals surface area contributed by atoms with Gasteiger partial charge in [0.2, 0.25) is 0 Å². The van der Waals surface area contributed by atoms with Gasteiger partial charge in [0.05, 0.1) is 27.2 Å². The standard InChI is InChI=1S/C31H22ClF4N3O3/c32-25-11-9-21(15-26(25)33)38-27-12-10-24(29(40)37-16-19-3-1-2-4-22(19)30(41)42)28-23(27)13-14-39(28)17-18-5-7-20(8-6-18)31(34,35)36/h1-15,38H,16-17H2,(H,37,40)(H,41,42). The van der Waals surface area contributed by atoms with Crippen molar-refractivity contribution in [1.29, 1.82) is 0 Å². The zero-order valence-electron chi connectivity index (χ0n) is 21.7. The van der Waals surface area contributed by atoms with Gasteiger partial charge in [-0.1, -0.05) is 41.9 Å². The number of carbonyl (C=O) groups excluding carboxylic acids is 1. The molecular weight excluding hydrogens is 574 g/mol. The lowest BCUT2D eigenvalue weighted by molar-refractivity contribution is -0.137. The molecule has 1 aromatic heterocycles. The summed E-state index contributed by atoms with van der Waals surface area (Å²) in [5, 5.41) is 15.9. The number of nitrogens with one attached hydrogen (secondary N) is 2. The van der Waals surface area contributed by atoms with E-state index in [2.05, 4.69) is 10.6 Å². The first kappa shape index (κ1) is 28.7. The highest BCUT2D eigenvalue weighted by atomic mass is 35.5. The zero-order chi connectivity index (χ0) is 30.0. The highest BCUT2D eigenvalue weighted by Crippen LogP contribution is 2.33. The van der Waals surface area contributed by atoms with Crippen LogP contribution in [0.1, 0.15) is 37.4 Å². The minimum Gasteiger partial charge on any atom is -0.478 e. The summed E-state index contributed by atoms with van der Waals surface area (Å²) in [7, 11) is 0. The molecule has 5 aromatic rings. The second-order valence-corrected chi connectivity index (χ2v) is 9.87. The average Bonchev–Trinajstić information content (AvgIpc) is 3.38. The first-order valence-corrected chi connectivity index (χ1v) is 13.0. The molecule has 1 heterocycles. The van der Waals surface area contributed by atoms with E-state index >= 15 is 0 Å². The molecule has 0 atom stereocenters. The van der Waals surface area contributed by atoms with Crippen molar-refractivity contribution in [3.63, 3.8) is 0 Å². The number of halogens is 5. The fourth-order valence-corrected chi connectivity index (χ4v) is 4.75. The molecule has 0 saturated carbocycles. The Balaban J connectivity index is 1.51. The normalized spacial score (nSPS) is 11.5. The fraction of sp³-hybridized carbons (Fsp3) is 0.0968. The van der Waals surface area contributed by atoms with E-state index in [0.717, 1.165) is 12.1 Å². The molecule has 0 fully saturated rings. The van der Waals surface area contributed by atoms with Crippen molar-refractivity contribution in [1.82, 2.24) is 9.88 Å². The fourth-order valence-electron chi connectivity index (χ4n) is 4.63. The number of benzene rings is 4. The molecule has 0 spiro atoms. The number of carboxylic acids is 1. The Morgan fingerprint density at radius 1 is 0.905 bits per heavy atom. The van der Waals surface area contributed by atoms with Gasteiger partial charge in [-0.3, -0.25) is 4.79 Å². The molecule has 3 N–H and O–H groups in total. The molecule has 0 aliphatic heterocycles. The number of hydrogen-bond donors (Lipinski definition) is 3. The average molecular weight is 596 g/mol. The molecule has 0 aliphatic carbocycles. The Kier molecular flexibility index (Phi) is 7.91. The highest BCUT2D eigenvalue weighted by Gasteiger charge is 2.30. The molecule has 42 heavy (non-hydrogen) atoms. The van der Waals surface area contributed by atoms with E-state index in [4.69, 9.17) is 11.6 Å². The third-order valence-corrected chi connectivity index (χ3v) is 7.00. The van der Waals surface area contributed by atoms with Gasteiger partial charge >= 0.3 is 12.1 Å². The lowest BCUT2D eigenvalue weighted by Gasteiger charge is -2.15. The van der Waals surface area contributed by atoms with Gasteiger partial charge in [0.15, 0.2) is 0 Å². The minimum absolute atomic E-state index is 0.0371. The molecular formula is C31H22ClF4N3O3. The summed E-state index contributed by atoms with van der Waals surface area (Å²) in [6, 6.07) is 20.2. The summed E-state index contributed by atoms with van der Waals surface area (Å²) >= 11 is 5.80. The van der Waals surface area contributed by atoms with E-state index in [0.29, 0.717) is 33.4 Å². The number of hydrogen-bond acceptors (Lipinski definition) is 3. The van der Waals surface area contributed by atoms with Crippen LogP contribution in [0.4, 0.5) is 28.9 Å². The predicted molar refractivity (Wildman–Crippen MR) is 152 cm³/mol. The van der Waals surface area contributed by atoms with Crippen molar-refractivity contribution in [3.05, 3.63) is 130 Å².